The summed E-state index contributed by atoms with van der Waals surface area (Å²) in [6, 6.07) is 8.37. The van der Waals surface area contributed by atoms with Gasteiger partial charge in [-0.2, -0.15) is 0 Å². The molecule has 1 amide bonds. The van der Waals surface area contributed by atoms with Crippen molar-refractivity contribution in [3.8, 4) is 0 Å². The fourth-order valence-corrected chi connectivity index (χ4v) is 5.22. The van der Waals surface area contributed by atoms with E-state index in [9.17, 15) is 4.79 Å². The number of thioether (sulfide) groups is 1. The molecule has 6 nitrogen and oxygen atoms in total. The highest BCUT2D eigenvalue weighted by Crippen LogP contribution is 2.40. The minimum atomic E-state index is -0.523. The molecule has 28 heavy (non-hydrogen) atoms. The zero-order valence-corrected chi connectivity index (χ0v) is 19.2. The van der Waals surface area contributed by atoms with Gasteiger partial charge in [0.05, 0.1) is 4.75 Å². The third-order valence-electron chi connectivity index (χ3n) is 4.15. The third-order valence-corrected chi connectivity index (χ3v) is 7.71. The highest BCUT2D eigenvalue weighted by Gasteiger charge is 2.38. The van der Waals surface area contributed by atoms with Crippen molar-refractivity contribution in [2.45, 2.75) is 54.8 Å². The number of nitrogens with zero attached hydrogens (tertiary/aromatic N) is 4. The second-order valence-electron chi connectivity index (χ2n) is 7.89. The molecule has 0 fully saturated rings. The maximum atomic E-state index is 12.3. The van der Waals surface area contributed by atoms with Crippen LogP contribution in [0.4, 0.5) is 4.79 Å². The van der Waals surface area contributed by atoms with Gasteiger partial charge in [0.25, 0.3) is 0 Å². The van der Waals surface area contributed by atoms with Crippen LogP contribution in [0.3, 0.4) is 0 Å². The van der Waals surface area contributed by atoms with Crippen molar-refractivity contribution >= 4 is 45.5 Å². The van der Waals surface area contributed by atoms with E-state index in [0.29, 0.717) is 5.84 Å². The molecule has 2 heterocycles. The molecule has 0 unspecified atom stereocenters. The van der Waals surface area contributed by atoms with Crippen LogP contribution in [0.15, 0.2) is 51.9 Å². The minimum Gasteiger partial charge on any atom is -0.295 e. The van der Waals surface area contributed by atoms with Gasteiger partial charge >= 0.3 is 6.09 Å². The van der Waals surface area contributed by atoms with Crippen molar-refractivity contribution < 1.29 is 9.63 Å². The van der Waals surface area contributed by atoms with Crippen LogP contribution in [0.2, 0.25) is 0 Å². The molecule has 0 spiro atoms. The van der Waals surface area contributed by atoms with E-state index in [-0.39, 0.29) is 10.2 Å². The van der Waals surface area contributed by atoms with Crippen LogP contribution in [0.5, 0.6) is 0 Å². The van der Waals surface area contributed by atoms with Crippen molar-refractivity contribution in [1.82, 2.24) is 13.9 Å². The molecule has 0 bridgehead atoms. The van der Waals surface area contributed by atoms with E-state index in [4.69, 9.17) is 4.84 Å². The number of imidazole rings is 1. The van der Waals surface area contributed by atoms with E-state index in [1.165, 1.54) is 31.6 Å². The van der Waals surface area contributed by atoms with Gasteiger partial charge in [-0.1, -0.05) is 49.8 Å². The molecule has 2 aromatic rings. The number of hydrogen-bond donors (Lipinski definition) is 0. The first-order valence-corrected chi connectivity index (χ1v) is 11.7. The molecule has 0 radical (unpaired) electrons. The van der Waals surface area contributed by atoms with E-state index in [1.807, 2.05) is 24.6 Å². The minimum absolute atomic E-state index is 0.123. The Bertz CT molecular complexity index is 885. The Morgan fingerprint density at radius 2 is 1.96 bits per heavy atom. The summed E-state index contributed by atoms with van der Waals surface area (Å²) in [7, 11) is 4.47. The Morgan fingerprint density at radius 1 is 1.29 bits per heavy atom. The molecule has 3 rings (SSSR count). The molecule has 0 saturated carbocycles. The molecule has 9 heteroatoms. The van der Waals surface area contributed by atoms with Gasteiger partial charge < -0.3 is 0 Å². The first-order chi connectivity index (χ1) is 13.1. The van der Waals surface area contributed by atoms with Crippen molar-refractivity contribution in [3.63, 3.8) is 0 Å². The third kappa shape index (κ3) is 4.69. The second-order valence-corrected chi connectivity index (χ2v) is 11.8. The predicted octanol–water partition coefficient (Wildman–Crippen LogP) is 5.65. The van der Waals surface area contributed by atoms with Gasteiger partial charge in [0.2, 0.25) is 0 Å². The summed E-state index contributed by atoms with van der Waals surface area (Å²) in [6.07, 6.45) is 3.00. The Morgan fingerprint density at radius 3 is 2.61 bits per heavy atom. The average Bonchev–Trinajstić information content (AvgIpc) is 3.14. The number of aromatic nitrogens is 2. The standard InChI is InChI=1S/C19H24N4O2S3/c1-18(2,3)13-7-9-14(10-8-13)27-28-22(6)17(24)25-21-15-19(4,5)26-16-20-11-12-23(15)16/h7-12H,1-6H3. The van der Waals surface area contributed by atoms with Gasteiger partial charge in [-0.05, 0) is 47.8 Å². The van der Waals surface area contributed by atoms with E-state index < -0.39 is 6.09 Å². The van der Waals surface area contributed by atoms with Crippen LogP contribution in [0.1, 0.15) is 40.2 Å². The molecule has 0 atom stereocenters. The molecule has 1 aliphatic heterocycles. The highest BCUT2D eigenvalue weighted by atomic mass is 33.1. The van der Waals surface area contributed by atoms with Crippen LogP contribution in [0.25, 0.3) is 0 Å². The molecule has 0 aliphatic carbocycles. The SMILES string of the molecule is CN(SSc1ccc(C(C)(C)C)cc1)C(=O)ON=C1n2ccnc2SC1(C)C. The highest BCUT2D eigenvalue weighted by molar-refractivity contribution is 8.75. The maximum Gasteiger partial charge on any atom is 0.446 e. The molecule has 0 N–H and O–H groups in total. The topological polar surface area (TPSA) is 59.7 Å². The summed E-state index contributed by atoms with van der Waals surface area (Å²) in [5.74, 6) is 0.655. The molecule has 1 aromatic heterocycles. The van der Waals surface area contributed by atoms with Crippen LogP contribution in [-0.4, -0.2) is 37.6 Å². The van der Waals surface area contributed by atoms with Gasteiger partial charge in [-0.25, -0.2) is 14.1 Å². The number of carbonyl (C=O) groups excluding carboxylic acids is 1. The van der Waals surface area contributed by atoms with E-state index in [1.54, 1.807) is 25.0 Å². The van der Waals surface area contributed by atoms with E-state index in [2.05, 4.69) is 55.2 Å². The molecule has 0 saturated heterocycles. The van der Waals surface area contributed by atoms with Gasteiger partial charge in [0.1, 0.15) is 0 Å². The summed E-state index contributed by atoms with van der Waals surface area (Å²) in [5.41, 5.74) is 1.40. The fourth-order valence-electron chi connectivity index (χ4n) is 2.52. The van der Waals surface area contributed by atoms with Crippen LogP contribution in [0, 0.1) is 0 Å². The van der Waals surface area contributed by atoms with Crippen molar-refractivity contribution in [3.05, 3.63) is 42.2 Å². The summed E-state index contributed by atoms with van der Waals surface area (Å²) >= 11 is 1.59. The lowest BCUT2D eigenvalue weighted by molar-refractivity contribution is 0.136. The smallest absolute Gasteiger partial charge is 0.295 e. The number of hydrogen-bond acceptors (Lipinski definition) is 7. The Hall–Kier alpha value is -1.58. The summed E-state index contributed by atoms with van der Waals surface area (Å²) in [6.45, 7) is 10.6. The van der Waals surface area contributed by atoms with Gasteiger partial charge in [-0.15, -0.1) is 0 Å². The number of oxime groups is 1. The normalized spacial score (nSPS) is 16.9. The zero-order valence-electron chi connectivity index (χ0n) is 16.8. The monoisotopic (exact) mass is 436 g/mol. The van der Waals surface area contributed by atoms with Crippen LogP contribution < -0.4 is 0 Å². The Balaban J connectivity index is 1.57. The average molecular weight is 437 g/mol. The first-order valence-electron chi connectivity index (χ1n) is 8.79. The number of amides is 1. The summed E-state index contributed by atoms with van der Waals surface area (Å²) < 4.78 is 2.96. The molecular formula is C19H24N4O2S3. The maximum absolute atomic E-state index is 12.3. The van der Waals surface area contributed by atoms with Crippen molar-refractivity contribution in [1.29, 1.82) is 0 Å². The Labute approximate surface area is 178 Å². The zero-order chi connectivity index (χ0) is 20.5. The summed E-state index contributed by atoms with van der Waals surface area (Å²) in [5, 5.41) is 4.95. The fraction of sp³-hybridized carbons (Fsp3) is 0.421. The lowest BCUT2D eigenvalue weighted by atomic mass is 9.87. The quantitative estimate of drug-likeness (QED) is 0.267. The molecule has 1 aliphatic rings. The van der Waals surface area contributed by atoms with Gasteiger partial charge in [0, 0.05) is 35.3 Å². The number of carbonyl (C=O) groups is 1. The second kappa shape index (κ2) is 8.04. The van der Waals surface area contributed by atoms with Crippen molar-refractivity contribution in [2.24, 2.45) is 5.16 Å². The van der Waals surface area contributed by atoms with Crippen LogP contribution >= 0.6 is 33.5 Å². The van der Waals surface area contributed by atoms with E-state index >= 15 is 0 Å². The largest absolute Gasteiger partial charge is 0.446 e. The molecule has 1 aromatic carbocycles. The molecule has 150 valence electrons. The van der Waals surface area contributed by atoms with E-state index in [0.717, 1.165) is 10.1 Å². The lowest BCUT2D eigenvalue weighted by Gasteiger charge is -2.19. The number of fused-ring (bicyclic) bond motifs is 1. The molecular weight excluding hydrogens is 412 g/mol. The number of benzene rings is 1. The Kier molecular flexibility index (Phi) is 6.07. The number of rotatable bonds is 4. The predicted molar refractivity (Wildman–Crippen MR) is 118 cm³/mol. The lowest BCUT2D eigenvalue weighted by Crippen LogP contribution is -2.29. The van der Waals surface area contributed by atoms with Gasteiger partial charge in [-0.3, -0.25) is 9.40 Å². The first kappa shape index (κ1) is 21.1. The van der Waals surface area contributed by atoms with Crippen molar-refractivity contribution in [2.75, 3.05) is 7.05 Å². The van der Waals surface area contributed by atoms with Crippen LogP contribution in [-0.2, 0) is 10.3 Å². The van der Waals surface area contributed by atoms with Gasteiger partial charge in [0.15, 0.2) is 11.0 Å². The summed E-state index contributed by atoms with van der Waals surface area (Å²) in [4.78, 5) is 22.8.